The van der Waals surface area contributed by atoms with Crippen LogP contribution in [0.4, 0.5) is 5.69 Å². The molecular formula is C16H17NO. The summed E-state index contributed by atoms with van der Waals surface area (Å²) in [5.41, 5.74) is 1.51. The van der Waals surface area contributed by atoms with E-state index in [-0.39, 0.29) is 5.91 Å². The monoisotopic (exact) mass is 239 g/mol. The van der Waals surface area contributed by atoms with Gasteiger partial charge in [-0.2, -0.15) is 0 Å². The molecule has 2 heteroatoms. The highest BCUT2D eigenvalue weighted by Gasteiger charge is 2.47. The molecule has 0 aliphatic carbocycles. The molecule has 18 heavy (non-hydrogen) atoms. The van der Waals surface area contributed by atoms with Crippen molar-refractivity contribution in [3.8, 4) is 11.8 Å². The molecule has 1 amide bonds. The molecule has 1 aliphatic rings. The fourth-order valence-corrected chi connectivity index (χ4v) is 2.64. The van der Waals surface area contributed by atoms with E-state index in [4.69, 9.17) is 0 Å². The van der Waals surface area contributed by atoms with Gasteiger partial charge in [-0.25, -0.2) is 0 Å². The standard InChI is InChI=1S/C16H17NO/c1-4-6-12-16(11-5-2)13-9-7-8-10-14(13)17(3)15(16)18/h5,7-10H,2,11-12H2,1,3H3. The number of fused-ring (bicyclic) bond motifs is 1. The minimum absolute atomic E-state index is 0.117. The Balaban J connectivity index is 2.60. The minimum atomic E-state index is -0.546. The highest BCUT2D eigenvalue weighted by molar-refractivity contribution is 6.08. The molecule has 0 aromatic heterocycles. The molecule has 2 nitrogen and oxygen atoms in total. The Bertz CT molecular complexity index is 550. The van der Waals surface area contributed by atoms with Gasteiger partial charge in [0, 0.05) is 19.2 Å². The maximum absolute atomic E-state index is 12.6. The minimum Gasteiger partial charge on any atom is -0.314 e. The number of benzene rings is 1. The van der Waals surface area contributed by atoms with E-state index < -0.39 is 5.41 Å². The van der Waals surface area contributed by atoms with Gasteiger partial charge in [0.15, 0.2) is 0 Å². The summed E-state index contributed by atoms with van der Waals surface area (Å²) < 4.78 is 0. The molecule has 1 atom stereocenters. The summed E-state index contributed by atoms with van der Waals surface area (Å²) in [5, 5.41) is 0. The summed E-state index contributed by atoms with van der Waals surface area (Å²) in [7, 11) is 1.82. The van der Waals surface area contributed by atoms with Crippen molar-refractivity contribution in [3.05, 3.63) is 42.5 Å². The number of likely N-dealkylation sites (N-methyl/N-ethyl adjacent to an activating group) is 1. The molecule has 0 fully saturated rings. The lowest BCUT2D eigenvalue weighted by Gasteiger charge is -2.24. The normalized spacial score (nSPS) is 21.2. The fourth-order valence-electron chi connectivity index (χ4n) is 2.64. The summed E-state index contributed by atoms with van der Waals surface area (Å²) in [5.74, 6) is 6.07. The zero-order valence-corrected chi connectivity index (χ0v) is 10.9. The molecule has 0 saturated heterocycles. The van der Waals surface area contributed by atoms with Crippen LogP contribution < -0.4 is 4.90 Å². The van der Waals surface area contributed by atoms with Gasteiger partial charge < -0.3 is 4.90 Å². The maximum atomic E-state index is 12.6. The van der Waals surface area contributed by atoms with E-state index in [2.05, 4.69) is 18.4 Å². The van der Waals surface area contributed by atoms with Gasteiger partial charge in [-0.3, -0.25) is 4.79 Å². The quantitative estimate of drug-likeness (QED) is 0.586. The maximum Gasteiger partial charge on any atom is 0.238 e. The van der Waals surface area contributed by atoms with Crippen LogP contribution in [0, 0.1) is 11.8 Å². The molecule has 0 N–H and O–H groups in total. The predicted molar refractivity (Wildman–Crippen MR) is 74.4 cm³/mol. The summed E-state index contributed by atoms with van der Waals surface area (Å²) in [6.45, 7) is 5.59. The Morgan fingerprint density at radius 2 is 2.17 bits per heavy atom. The second-order valence-electron chi connectivity index (χ2n) is 4.56. The first kappa shape index (κ1) is 12.4. The number of hydrogen-bond acceptors (Lipinski definition) is 1. The van der Waals surface area contributed by atoms with Gasteiger partial charge in [-0.15, -0.1) is 18.4 Å². The van der Waals surface area contributed by atoms with E-state index in [9.17, 15) is 4.79 Å². The Morgan fingerprint density at radius 3 is 2.83 bits per heavy atom. The number of hydrogen-bond donors (Lipinski definition) is 0. The van der Waals surface area contributed by atoms with Crippen LogP contribution in [0.5, 0.6) is 0 Å². The van der Waals surface area contributed by atoms with E-state index in [1.807, 2.05) is 37.4 Å². The molecule has 0 spiro atoms. The summed E-state index contributed by atoms with van der Waals surface area (Å²) in [6, 6.07) is 7.94. The second-order valence-corrected chi connectivity index (χ2v) is 4.56. The Morgan fingerprint density at radius 1 is 1.44 bits per heavy atom. The van der Waals surface area contributed by atoms with Crippen molar-refractivity contribution in [1.29, 1.82) is 0 Å². The van der Waals surface area contributed by atoms with Crippen molar-refractivity contribution < 1.29 is 4.79 Å². The van der Waals surface area contributed by atoms with E-state index in [1.165, 1.54) is 0 Å². The molecule has 92 valence electrons. The third-order valence-corrected chi connectivity index (χ3v) is 3.55. The van der Waals surface area contributed by atoms with Gasteiger partial charge in [0.05, 0.1) is 5.41 Å². The zero-order valence-electron chi connectivity index (χ0n) is 10.9. The van der Waals surface area contributed by atoms with Gasteiger partial charge >= 0.3 is 0 Å². The third kappa shape index (κ3) is 1.64. The highest BCUT2D eigenvalue weighted by atomic mass is 16.2. The first-order valence-corrected chi connectivity index (χ1v) is 6.05. The van der Waals surface area contributed by atoms with Gasteiger partial charge in [0.25, 0.3) is 0 Å². The average Bonchev–Trinajstić information content (AvgIpc) is 2.61. The highest BCUT2D eigenvalue weighted by Crippen LogP contribution is 2.45. The molecule has 0 bridgehead atoms. The van der Waals surface area contributed by atoms with Gasteiger partial charge in [-0.05, 0) is 25.0 Å². The number of rotatable bonds is 3. The van der Waals surface area contributed by atoms with Crippen molar-refractivity contribution in [2.45, 2.75) is 25.2 Å². The van der Waals surface area contributed by atoms with Crippen LogP contribution in [0.15, 0.2) is 36.9 Å². The molecule has 2 rings (SSSR count). The van der Waals surface area contributed by atoms with Crippen LogP contribution in [-0.2, 0) is 10.2 Å². The molecule has 1 aromatic rings. The van der Waals surface area contributed by atoms with E-state index in [1.54, 1.807) is 11.8 Å². The van der Waals surface area contributed by atoms with Crippen molar-refractivity contribution >= 4 is 11.6 Å². The number of para-hydroxylation sites is 1. The molecule has 1 aromatic carbocycles. The molecular weight excluding hydrogens is 222 g/mol. The fraction of sp³-hybridized carbons (Fsp3) is 0.312. The summed E-state index contributed by atoms with van der Waals surface area (Å²) >= 11 is 0. The molecule has 1 aliphatic heterocycles. The third-order valence-electron chi connectivity index (χ3n) is 3.55. The molecule has 1 heterocycles. The Hall–Kier alpha value is -2.01. The Kier molecular flexibility index (Phi) is 3.25. The molecule has 0 saturated carbocycles. The zero-order chi connectivity index (χ0) is 13.2. The SMILES string of the molecule is C=CCC1(CC#CC)C(=O)N(C)c2ccccc21. The number of carbonyl (C=O) groups excluding carboxylic acids is 1. The van der Waals surface area contributed by atoms with Crippen LogP contribution in [0.25, 0.3) is 0 Å². The number of anilines is 1. The van der Waals surface area contributed by atoms with Gasteiger partial charge in [-0.1, -0.05) is 24.3 Å². The smallest absolute Gasteiger partial charge is 0.238 e. The molecule has 0 radical (unpaired) electrons. The van der Waals surface area contributed by atoms with Crippen LogP contribution in [0.3, 0.4) is 0 Å². The van der Waals surface area contributed by atoms with Gasteiger partial charge in [0.2, 0.25) is 5.91 Å². The number of allylic oxidation sites excluding steroid dienone is 1. The average molecular weight is 239 g/mol. The number of carbonyl (C=O) groups is 1. The van der Waals surface area contributed by atoms with Crippen LogP contribution in [0.2, 0.25) is 0 Å². The summed E-state index contributed by atoms with van der Waals surface area (Å²) in [6.07, 6.45) is 2.99. The van der Waals surface area contributed by atoms with Gasteiger partial charge in [0.1, 0.15) is 0 Å². The Labute approximate surface area is 108 Å². The lowest BCUT2D eigenvalue weighted by Crippen LogP contribution is -2.38. The van der Waals surface area contributed by atoms with Crippen molar-refractivity contribution in [1.82, 2.24) is 0 Å². The van der Waals surface area contributed by atoms with Crippen molar-refractivity contribution in [2.75, 3.05) is 11.9 Å². The largest absolute Gasteiger partial charge is 0.314 e. The van der Waals surface area contributed by atoms with E-state index in [0.29, 0.717) is 12.8 Å². The summed E-state index contributed by atoms with van der Waals surface area (Å²) in [4.78, 5) is 14.3. The van der Waals surface area contributed by atoms with Crippen LogP contribution in [0.1, 0.15) is 25.3 Å². The van der Waals surface area contributed by atoms with Crippen LogP contribution in [-0.4, -0.2) is 13.0 Å². The molecule has 1 unspecified atom stereocenters. The topological polar surface area (TPSA) is 20.3 Å². The second kappa shape index (κ2) is 4.70. The van der Waals surface area contributed by atoms with E-state index >= 15 is 0 Å². The first-order chi connectivity index (χ1) is 8.67. The first-order valence-electron chi connectivity index (χ1n) is 6.05. The van der Waals surface area contributed by atoms with Crippen molar-refractivity contribution in [2.24, 2.45) is 0 Å². The van der Waals surface area contributed by atoms with Crippen molar-refractivity contribution in [3.63, 3.8) is 0 Å². The lowest BCUT2D eigenvalue weighted by molar-refractivity contribution is -0.122. The number of nitrogens with zero attached hydrogens (tertiary/aromatic N) is 1. The predicted octanol–water partition coefficient (Wildman–Crippen LogP) is 2.89. The van der Waals surface area contributed by atoms with Crippen LogP contribution >= 0.6 is 0 Å². The lowest BCUT2D eigenvalue weighted by atomic mass is 9.76. The van der Waals surface area contributed by atoms with E-state index in [0.717, 1.165) is 11.3 Å². The number of amides is 1.